The number of benzene rings is 1. The Kier molecular flexibility index (Phi) is 5.36. The minimum atomic E-state index is -0.626. The second-order valence-corrected chi connectivity index (χ2v) is 4.56. The van der Waals surface area contributed by atoms with Crippen LogP contribution in [0.5, 0.6) is 0 Å². The molecule has 23 heavy (non-hydrogen) atoms. The number of likely N-dealkylation sites (N-methyl/N-ethyl adjacent to an activating group) is 1. The minimum absolute atomic E-state index is 0.0698. The summed E-state index contributed by atoms with van der Waals surface area (Å²) in [5.41, 5.74) is -0.295. The molecule has 1 aromatic heterocycles. The van der Waals surface area contributed by atoms with Gasteiger partial charge in [0.25, 0.3) is 0 Å². The van der Waals surface area contributed by atoms with Crippen molar-refractivity contribution in [2.45, 2.75) is 6.92 Å². The third kappa shape index (κ3) is 3.69. The number of aromatic nitrogens is 2. The molecule has 0 amide bonds. The molecule has 2 rings (SSSR count). The van der Waals surface area contributed by atoms with E-state index < -0.39 is 10.7 Å². The first-order valence-corrected chi connectivity index (χ1v) is 6.95. The van der Waals surface area contributed by atoms with Gasteiger partial charge in [0, 0.05) is 13.1 Å². The lowest BCUT2D eigenvalue weighted by molar-refractivity contribution is -0.383. The third-order valence-electron chi connectivity index (χ3n) is 3.16. The number of hydrogen-bond acceptors (Lipinski definition) is 7. The van der Waals surface area contributed by atoms with E-state index in [1.807, 2.05) is 0 Å². The van der Waals surface area contributed by atoms with Crippen LogP contribution in [0.3, 0.4) is 0 Å². The second-order valence-electron chi connectivity index (χ2n) is 4.56. The number of anilines is 3. The lowest BCUT2D eigenvalue weighted by atomic mass is 10.3. The van der Waals surface area contributed by atoms with Gasteiger partial charge in [-0.05, 0) is 19.1 Å². The average molecular weight is 321 g/mol. The van der Waals surface area contributed by atoms with Gasteiger partial charge in [-0.15, -0.1) is 0 Å². The van der Waals surface area contributed by atoms with E-state index in [1.165, 1.54) is 18.2 Å². The van der Waals surface area contributed by atoms with Crippen LogP contribution in [0.1, 0.15) is 6.92 Å². The molecule has 0 spiro atoms. The molecule has 8 nitrogen and oxygen atoms in total. The lowest BCUT2D eigenvalue weighted by Crippen LogP contribution is -2.28. The zero-order valence-electron chi connectivity index (χ0n) is 12.4. The zero-order valence-corrected chi connectivity index (χ0v) is 12.4. The van der Waals surface area contributed by atoms with Crippen LogP contribution in [0, 0.1) is 15.9 Å². The monoisotopic (exact) mass is 321 g/mol. The number of aliphatic hydroxyl groups excluding tert-OH is 1. The van der Waals surface area contributed by atoms with Crippen LogP contribution in [0.25, 0.3) is 0 Å². The molecule has 0 fully saturated rings. The first kappa shape index (κ1) is 16.6. The van der Waals surface area contributed by atoms with E-state index in [9.17, 15) is 14.5 Å². The van der Waals surface area contributed by atoms with E-state index in [0.29, 0.717) is 6.54 Å². The van der Waals surface area contributed by atoms with Crippen molar-refractivity contribution in [2.75, 3.05) is 29.9 Å². The van der Waals surface area contributed by atoms with Gasteiger partial charge in [-0.1, -0.05) is 12.1 Å². The van der Waals surface area contributed by atoms with Crippen LogP contribution in [0.4, 0.5) is 27.4 Å². The van der Waals surface area contributed by atoms with Crippen LogP contribution >= 0.6 is 0 Å². The fourth-order valence-electron chi connectivity index (χ4n) is 2.09. The van der Waals surface area contributed by atoms with Crippen LogP contribution in [0.2, 0.25) is 0 Å². The quantitative estimate of drug-likeness (QED) is 0.594. The Morgan fingerprint density at radius 3 is 2.74 bits per heavy atom. The normalized spacial score (nSPS) is 10.4. The zero-order chi connectivity index (χ0) is 16.8. The van der Waals surface area contributed by atoms with Crippen LogP contribution < -0.4 is 10.2 Å². The minimum Gasteiger partial charge on any atom is -0.395 e. The molecule has 122 valence electrons. The topological polar surface area (TPSA) is 104 Å². The molecule has 1 aromatic carbocycles. The van der Waals surface area contributed by atoms with Crippen LogP contribution in [0.15, 0.2) is 30.6 Å². The Labute approximate surface area is 131 Å². The largest absolute Gasteiger partial charge is 0.395 e. The Morgan fingerprint density at radius 2 is 2.13 bits per heavy atom. The van der Waals surface area contributed by atoms with Crippen molar-refractivity contribution in [2.24, 2.45) is 0 Å². The van der Waals surface area contributed by atoms with Gasteiger partial charge in [-0.3, -0.25) is 10.1 Å². The molecule has 0 aliphatic rings. The Balaban J connectivity index is 2.48. The molecule has 0 atom stereocenters. The summed E-state index contributed by atoms with van der Waals surface area (Å²) < 4.78 is 13.7. The summed E-state index contributed by atoms with van der Waals surface area (Å²) in [6.45, 7) is 2.21. The number of aliphatic hydroxyl groups is 1. The molecule has 0 aliphatic carbocycles. The lowest BCUT2D eigenvalue weighted by Gasteiger charge is -2.21. The number of nitrogens with one attached hydrogen (secondary N) is 1. The molecule has 1 heterocycles. The van der Waals surface area contributed by atoms with Crippen molar-refractivity contribution in [3.63, 3.8) is 0 Å². The predicted octanol–water partition coefficient (Wildman–Crippen LogP) is 2.09. The Bertz CT molecular complexity index is 698. The summed E-state index contributed by atoms with van der Waals surface area (Å²) in [4.78, 5) is 20.2. The molecule has 9 heteroatoms. The number of hydrogen-bond donors (Lipinski definition) is 2. The van der Waals surface area contributed by atoms with Gasteiger partial charge in [-0.25, -0.2) is 14.4 Å². The second kappa shape index (κ2) is 7.45. The SMILES string of the molecule is CCN(CCO)c1ncnc(Nc2ccccc2F)c1[N+](=O)[O-]. The molecular weight excluding hydrogens is 305 g/mol. The van der Waals surface area contributed by atoms with E-state index in [-0.39, 0.29) is 36.2 Å². The average Bonchev–Trinajstić information content (AvgIpc) is 2.54. The summed E-state index contributed by atoms with van der Waals surface area (Å²) in [7, 11) is 0. The molecule has 0 saturated carbocycles. The first-order valence-electron chi connectivity index (χ1n) is 6.95. The molecule has 0 radical (unpaired) electrons. The smallest absolute Gasteiger partial charge is 0.353 e. The van der Waals surface area contributed by atoms with Gasteiger partial charge >= 0.3 is 5.69 Å². The van der Waals surface area contributed by atoms with Gasteiger partial charge in [0.15, 0.2) is 0 Å². The summed E-state index contributed by atoms with van der Waals surface area (Å²) in [6, 6.07) is 5.80. The summed E-state index contributed by atoms with van der Waals surface area (Å²) in [5.74, 6) is -0.591. The highest BCUT2D eigenvalue weighted by Gasteiger charge is 2.26. The van der Waals surface area contributed by atoms with E-state index in [2.05, 4.69) is 15.3 Å². The Morgan fingerprint density at radius 1 is 1.39 bits per heavy atom. The first-order chi connectivity index (χ1) is 11.1. The van der Waals surface area contributed by atoms with E-state index in [0.717, 1.165) is 6.33 Å². The maximum absolute atomic E-state index is 13.7. The fraction of sp³-hybridized carbons (Fsp3) is 0.286. The van der Waals surface area contributed by atoms with Crippen molar-refractivity contribution < 1.29 is 14.4 Å². The number of nitro groups is 1. The van der Waals surface area contributed by atoms with Gasteiger partial charge in [0.2, 0.25) is 11.6 Å². The van der Waals surface area contributed by atoms with Crippen molar-refractivity contribution in [1.29, 1.82) is 0 Å². The predicted molar refractivity (Wildman–Crippen MR) is 83.3 cm³/mol. The summed E-state index contributed by atoms with van der Waals surface area (Å²) >= 11 is 0. The number of halogens is 1. The molecule has 2 N–H and O–H groups in total. The van der Waals surface area contributed by atoms with Crippen LogP contribution in [-0.2, 0) is 0 Å². The van der Waals surface area contributed by atoms with E-state index in [1.54, 1.807) is 17.9 Å². The fourth-order valence-corrected chi connectivity index (χ4v) is 2.09. The summed E-state index contributed by atoms with van der Waals surface area (Å²) in [6.07, 6.45) is 1.16. The molecular formula is C14H16FN5O3. The number of nitrogens with zero attached hydrogens (tertiary/aromatic N) is 4. The van der Waals surface area contributed by atoms with Crippen molar-refractivity contribution in [3.05, 3.63) is 46.5 Å². The highest BCUT2D eigenvalue weighted by molar-refractivity contribution is 5.74. The maximum atomic E-state index is 13.7. The molecule has 0 saturated heterocycles. The molecule has 0 aliphatic heterocycles. The van der Waals surface area contributed by atoms with Crippen molar-refractivity contribution >= 4 is 23.0 Å². The number of para-hydroxylation sites is 1. The van der Waals surface area contributed by atoms with E-state index >= 15 is 0 Å². The van der Waals surface area contributed by atoms with Gasteiger partial charge < -0.3 is 15.3 Å². The van der Waals surface area contributed by atoms with Crippen LogP contribution in [-0.4, -0.2) is 39.7 Å². The van der Waals surface area contributed by atoms with Gasteiger partial charge in [0.1, 0.15) is 12.1 Å². The van der Waals surface area contributed by atoms with Crippen molar-refractivity contribution in [3.8, 4) is 0 Å². The highest BCUT2D eigenvalue weighted by atomic mass is 19.1. The van der Waals surface area contributed by atoms with Gasteiger partial charge in [0.05, 0.1) is 17.2 Å². The molecule has 0 unspecified atom stereocenters. The summed E-state index contributed by atoms with van der Waals surface area (Å²) in [5, 5.41) is 23.2. The highest BCUT2D eigenvalue weighted by Crippen LogP contribution is 2.33. The molecule has 0 bridgehead atoms. The third-order valence-corrected chi connectivity index (χ3v) is 3.16. The van der Waals surface area contributed by atoms with Gasteiger partial charge in [-0.2, -0.15) is 0 Å². The van der Waals surface area contributed by atoms with Crippen molar-refractivity contribution in [1.82, 2.24) is 9.97 Å². The van der Waals surface area contributed by atoms with E-state index in [4.69, 9.17) is 5.11 Å². The Hall–Kier alpha value is -2.81. The molecule has 2 aromatic rings. The maximum Gasteiger partial charge on any atom is 0.353 e. The number of rotatable bonds is 7. The standard InChI is InChI=1S/C14H16FN5O3/c1-2-19(7-8-21)14-12(20(22)23)13(16-9-17-14)18-11-6-4-3-5-10(11)15/h3-6,9,21H,2,7-8H2,1H3,(H,16,17,18).